The molecule has 0 N–H and O–H groups in total. The number of rotatable bonds is 5. The summed E-state index contributed by atoms with van der Waals surface area (Å²) in [7, 11) is 1.88. The van der Waals surface area contributed by atoms with Crippen LogP contribution in [0.2, 0.25) is 0 Å². The highest BCUT2D eigenvalue weighted by Crippen LogP contribution is 2.21. The van der Waals surface area contributed by atoms with Crippen molar-refractivity contribution in [3.63, 3.8) is 0 Å². The number of aromatic nitrogens is 2. The summed E-state index contributed by atoms with van der Waals surface area (Å²) in [6.07, 6.45) is 1.69. The molecular formula is C15H20N2O4. The summed E-state index contributed by atoms with van der Waals surface area (Å²) in [5.41, 5.74) is 2.04. The Kier molecular flexibility index (Phi) is 4.35. The smallest absolute Gasteiger partial charge is 0.355 e. The van der Waals surface area contributed by atoms with E-state index in [0.717, 1.165) is 11.0 Å². The average Bonchev–Trinajstić information content (AvgIpc) is 2.91. The molecule has 0 fully saturated rings. The Morgan fingerprint density at radius 3 is 2.62 bits per heavy atom. The molecule has 0 saturated heterocycles. The molecule has 0 spiro atoms. The molecule has 6 nitrogen and oxygen atoms in total. The van der Waals surface area contributed by atoms with Gasteiger partial charge in [0.1, 0.15) is 12.2 Å². The van der Waals surface area contributed by atoms with E-state index in [1.807, 2.05) is 23.9 Å². The molecule has 2 rings (SSSR count). The molecule has 0 aliphatic heterocycles. The molecule has 0 amide bonds. The topological polar surface area (TPSA) is 62.5 Å². The van der Waals surface area contributed by atoms with E-state index in [4.69, 9.17) is 9.47 Å². The molecular weight excluding hydrogens is 272 g/mol. The fraction of sp³-hybridized carbons (Fsp3) is 0.467. The number of hydrogen-bond acceptors (Lipinski definition) is 4. The number of hydrogen-bond donors (Lipinski definition) is 0. The fourth-order valence-electron chi connectivity index (χ4n) is 2.24. The highest BCUT2D eigenvalue weighted by atomic mass is 16.5. The molecule has 2 heterocycles. The third kappa shape index (κ3) is 3.09. The molecule has 0 aliphatic carbocycles. The first kappa shape index (κ1) is 15.2. The van der Waals surface area contributed by atoms with Crippen LogP contribution in [0.15, 0.2) is 18.3 Å². The van der Waals surface area contributed by atoms with Crippen LogP contribution in [-0.2, 0) is 27.9 Å². The number of fused-ring (bicyclic) bond motifs is 1. The monoisotopic (exact) mass is 292 g/mol. The van der Waals surface area contributed by atoms with E-state index in [-0.39, 0.29) is 25.2 Å². The standard InChI is InChI=1S/C15H20N2O4/c1-5-20-15(19)13-8-12-11(6-7-16(12)4)17(13)9-14(18)21-10(2)3/h6-8,10H,5,9H2,1-4H3. The van der Waals surface area contributed by atoms with Gasteiger partial charge in [-0.05, 0) is 32.9 Å². The van der Waals surface area contributed by atoms with Crippen LogP contribution >= 0.6 is 0 Å². The van der Waals surface area contributed by atoms with Gasteiger partial charge in [-0.3, -0.25) is 4.79 Å². The minimum atomic E-state index is -0.439. The second-order valence-corrected chi connectivity index (χ2v) is 5.07. The van der Waals surface area contributed by atoms with Crippen LogP contribution in [-0.4, -0.2) is 33.8 Å². The number of carbonyl (C=O) groups excluding carboxylic acids is 2. The molecule has 2 aromatic rings. The molecule has 0 unspecified atom stereocenters. The molecule has 0 atom stereocenters. The molecule has 114 valence electrons. The number of carbonyl (C=O) groups is 2. The minimum Gasteiger partial charge on any atom is -0.462 e. The van der Waals surface area contributed by atoms with Gasteiger partial charge < -0.3 is 18.6 Å². The summed E-state index contributed by atoms with van der Waals surface area (Å²) < 4.78 is 13.7. The SMILES string of the molecule is CCOC(=O)c1cc2c(ccn2C)n1CC(=O)OC(C)C. The van der Waals surface area contributed by atoms with Gasteiger partial charge in [0.15, 0.2) is 0 Å². The maximum absolute atomic E-state index is 12.0. The molecule has 0 aromatic carbocycles. The molecule has 0 bridgehead atoms. The quantitative estimate of drug-likeness (QED) is 0.792. The van der Waals surface area contributed by atoms with Gasteiger partial charge in [-0.1, -0.05) is 0 Å². The highest BCUT2D eigenvalue weighted by Gasteiger charge is 2.20. The van der Waals surface area contributed by atoms with Gasteiger partial charge in [0.25, 0.3) is 0 Å². The third-order valence-electron chi connectivity index (χ3n) is 3.09. The number of esters is 2. The second-order valence-electron chi connectivity index (χ2n) is 5.07. The van der Waals surface area contributed by atoms with Crippen molar-refractivity contribution in [1.29, 1.82) is 0 Å². The summed E-state index contributed by atoms with van der Waals surface area (Å²) in [6, 6.07) is 3.59. The van der Waals surface area contributed by atoms with Crippen LogP contribution < -0.4 is 0 Å². The Bertz CT molecular complexity index is 667. The van der Waals surface area contributed by atoms with Crippen LogP contribution in [0, 0.1) is 0 Å². The van der Waals surface area contributed by atoms with Crippen molar-refractivity contribution in [2.75, 3.05) is 6.61 Å². The number of ether oxygens (including phenoxy) is 2. The molecule has 0 aliphatic rings. The first-order chi connectivity index (χ1) is 9.93. The van der Waals surface area contributed by atoms with Gasteiger partial charge in [-0.2, -0.15) is 0 Å². The Morgan fingerprint density at radius 2 is 2.00 bits per heavy atom. The fourth-order valence-corrected chi connectivity index (χ4v) is 2.24. The van der Waals surface area contributed by atoms with Crippen LogP contribution in [0.1, 0.15) is 31.3 Å². The van der Waals surface area contributed by atoms with E-state index in [2.05, 4.69) is 0 Å². The Labute approximate surface area is 123 Å². The second kappa shape index (κ2) is 6.03. The highest BCUT2D eigenvalue weighted by molar-refractivity contribution is 5.95. The zero-order valence-electron chi connectivity index (χ0n) is 12.8. The molecule has 0 radical (unpaired) electrons. The lowest BCUT2D eigenvalue weighted by Crippen LogP contribution is -2.20. The lowest BCUT2D eigenvalue weighted by atomic mass is 10.4. The predicted molar refractivity (Wildman–Crippen MR) is 78.1 cm³/mol. The van der Waals surface area contributed by atoms with Crippen molar-refractivity contribution in [2.45, 2.75) is 33.4 Å². The lowest BCUT2D eigenvalue weighted by Gasteiger charge is -2.11. The van der Waals surface area contributed by atoms with E-state index in [1.54, 1.807) is 31.4 Å². The lowest BCUT2D eigenvalue weighted by molar-refractivity contribution is -0.148. The van der Waals surface area contributed by atoms with Crippen molar-refractivity contribution >= 4 is 23.0 Å². The molecule has 21 heavy (non-hydrogen) atoms. The normalized spacial score (nSPS) is 11.1. The molecule has 2 aromatic heterocycles. The zero-order valence-corrected chi connectivity index (χ0v) is 12.8. The first-order valence-corrected chi connectivity index (χ1v) is 6.95. The van der Waals surface area contributed by atoms with Crippen molar-refractivity contribution in [1.82, 2.24) is 9.13 Å². The third-order valence-corrected chi connectivity index (χ3v) is 3.09. The minimum absolute atomic E-state index is 0.0140. The summed E-state index contributed by atoms with van der Waals surface area (Å²) in [4.78, 5) is 23.9. The number of nitrogens with zero attached hydrogens (tertiary/aromatic N) is 2. The Morgan fingerprint density at radius 1 is 1.29 bits per heavy atom. The van der Waals surface area contributed by atoms with Gasteiger partial charge in [0, 0.05) is 13.2 Å². The van der Waals surface area contributed by atoms with E-state index in [1.165, 1.54) is 0 Å². The van der Waals surface area contributed by atoms with E-state index >= 15 is 0 Å². The first-order valence-electron chi connectivity index (χ1n) is 6.95. The van der Waals surface area contributed by atoms with Gasteiger partial charge in [-0.25, -0.2) is 4.79 Å². The summed E-state index contributed by atoms with van der Waals surface area (Å²) >= 11 is 0. The van der Waals surface area contributed by atoms with E-state index in [9.17, 15) is 9.59 Å². The average molecular weight is 292 g/mol. The summed E-state index contributed by atoms with van der Waals surface area (Å²) in [5, 5.41) is 0. The van der Waals surface area contributed by atoms with Crippen molar-refractivity contribution < 1.29 is 19.1 Å². The maximum atomic E-state index is 12.0. The van der Waals surface area contributed by atoms with Gasteiger partial charge >= 0.3 is 11.9 Å². The van der Waals surface area contributed by atoms with Crippen molar-refractivity contribution in [3.05, 3.63) is 24.0 Å². The van der Waals surface area contributed by atoms with E-state index < -0.39 is 5.97 Å². The van der Waals surface area contributed by atoms with Crippen molar-refractivity contribution in [3.8, 4) is 0 Å². The van der Waals surface area contributed by atoms with Crippen LogP contribution in [0.5, 0.6) is 0 Å². The molecule has 0 saturated carbocycles. The summed E-state index contributed by atoms with van der Waals surface area (Å²) in [5.74, 6) is -0.817. The van der Waals surface area contributed by atoms with Crippen LogP contribution in [0.3, 0.4) is 0 Å². The molecule has 6 heteroatoms. The van der Waals surface area contributed by atoms with Gasteiger partial charge in [0.2, 0.25) is 0 Å². The number of aryl methyl sites for hydroxylation is 1. The largest absolute Gasteiger partial charge is 0.462 e. The Balaban J connectivity index is 2.40. The van der Waals surface area contributed by atoms with Crippen molar-refractivity contribution in [2.24, 2.45) is 7.05 Å². The van der Waals surface area contributed by atoms with E-state index in [0.29, 0.717) is 5.69 Å². The Hall–Kier alpha value is -2.24. The maximum Gasteiger partial charge on any atom is 0.355 e. The predicted octanol–water partition coefficient (Wildman–Crippen LogP) is 2.11. The van der Waals surface area contributed by atoms with Crippen LogP contribution in [0.25, 0.3) is 11.0 Å². The van der Waals surface area contributed by atoms with Crippen LogP contribution in [0.4, 0.5) is 0 Å². The summed E-state index contributed by atoms with van der Waals surface area (Å²) in [6.45, 7) is 5.60. The van der Waals surface area contributed by atoms with Gasteiger partial charge in [0.05, 0.1) is 23.7 Å². The van der Waals surface area contributed by atoms with Gasteiger partial charge in [-0.15, -0.1) is 0 Å². The zero-order chi connectivity index (χ0) is 15.6.